The molecule has 1 atom stereocenters. The van der Waals surface area contributed by atoms with Crippen LogP contribution in [0.15, 0.2) is 48.5 Å². The lowest BCUT2D eigenvalue weighted by Gasteiger charge is -2.19. The molecule has 5 heteroatoms. The molecule has 25 heavy (non-hydrogen) atoms. The molecule has 1 amide bonds. The van der Waals surface area contributed by atoms with Crippen LogP contribution in [0.5, 0.6) is 5.75 Å². The molecule has 0 aliphatic heterocycles. The average molecular weight is 341 g/mol. The van der Waals surface area contributed by atoms with Gasteiger partial charge in [-0.05, 0) is 36.6 Å². The van der Waals surface area contributed by atoms with Gasteiger partial charge in [-0.2, -0.15) is 0 Å². The number of amides is 1. The summed E-state index contributed by atoms with van der Waals surface area (Å²) in [6, 6.07) is 14.3. The van der Waals surface area contributed by atoms with Gasteiger partial charge in [0, 0.05) is 0 Å². The minimum absolute atomic E-state index is 0.284. The van der Waals surface area contributed by atoms with E-state index < -0.39 is 12.1 Å². The maximum absolute atomic E-state index is 12.5. The van der Waals surface area contributed by atoms with Crippen molar-refractivity contribution in [2.24, 2.45) is 0 Å². The Labute approximate surface area is 148 Å². The highest BCUT2D eigenvalue weighted by molar-refractivity contribution is 6.02. The van der Waals surface area contributed by atoms with Gasteiger partial charge in [0.15, 0.2) is 6.10 Å². The molecular weight excluding hydrogens is 318 g/mol. The SMILES string of the molecule is COC(=O)c1ccccc1NC(=O)[C@@H](C)Oc1ccccc1C(C)C. The topological polar surface area (TPSA) is 64.6 Å². The fraction of sp³-hybridized carbons (Fsp3) is 0.300. The van der Waals surface area contributed by atoms with Gasteiger partial charge in [-0.15, -0.1) is 0 Å². The van der Waals surface area contributed by atoms with Crippen molar-refractivity contribution in [3.8, 4) is 5.75 Å². The second kappa shape index (κ2) is 8.33. The molecule has 132 valence electrons. The molecule has 0 fully saturated rings. The van der Waals surface area contributed by atoms with E-state index in [-0.39, 0.29) is 11.8 Å². The molecule has 0 spiro atoms. The molecule has 0 radical (unpaired) electrons. The van der Waals surface area contributed by atoms with Crippen LogP contribution >= 0.6 is 0 Å². The third kappa shape index (κ3) is 4.59. The smallest absolute Gasteiger partial charge is 0.339 e. The fourth-order valence-corrected chi connectivity index (χ4v) is 2.42. The summed E-state index contributed by atoms with van der Waals surface area (Å²) in [7, 11) is 1.30. The average Bonchev–Trinajstić information content (AvgIpc) is 2.61. The van der Waals surface area contributed by atoms with E-state index in [4.69, 9.17) is 9.47 Å². The molecule has 0 aliphatic rings. The van der Waals surface area contributed by atoms with Crippen LogP contribution in [0.2, 0.25) is 0 Å². The molecule has 0 bridgehead atoms. The van der Waals surface area contributed by atoms with E-state index in [1.165, 1.54) is 7.11 Å². The highest BCUT2D eigenvalue weighted by Crippen LogP contribution is 2.27. The normalized spacial score (nSPS) is 11.7. The zero-order chi connectivity index (χ0) is 18.4. The molecule has 0 aliphatic carbocycles. The van der Waals surface area contributed by atoms with Gasteiger partial charge < -0.3 is 14.8 Å². The standard InChI is InChI=1S/C20H23NO4/c1-13(2)15-9-6-8-12-18(15)25-14(3)19(22)21-17-11-7-5-10-16(17)20(23)24-4/h5-14H,1-4H3,(H,21,22)/t14-/m1/s1. The van der Waals surface area contributed by atoms with Crippen LogP contribution in [0.3, 0.4) is 0 Å². The van der Waals surface area contributed by atoms with E-state index in [1.807, 2.05) is 24.3 Å². The van der Waals surface area contributed by atoms with Crippen molar-refractivity contribution < 1.29 is 19.1 Å². The predicted octanol–water partition coefficient (Wildman–Crippen LogP) is 4.00. The van der Waals surface area contributed by atoms with Crippen molar-refractivity contribution in [3.63, 3.8) is 0 Å². The minimum atomic E-state index is -0.717. The Bertz CT molecular complexity index is 755. The molecule has 0 heterocycles. The summed E-state index contributed by atoms with van der Waals surface area (Å²) in [5, 5.41) is 2.73. The summed E-state index contributed by atoms with van der Waals surface area (Å²) < 4.78 is 10.6. The molecule has 2 aromatic rings. The first-order valence-electron chi connectivity index (χ1n) is 8.17. The number of carbonyl (C=O) groups excluding carboxylic acids is 2. The molecule has 2 aromatic carbocycles. The highest BCUT2D eigenvalue weighted by atomic mass is 16.5. The Morgan fingerprint density at radius 3 is 2.28 bits per heavy atom. The van der Waals surface area contributed by atoms with Gasteiger partial charge in [-0.1, -0.05) is 44.2 Å². The Morgan fingerprint density at radius 2 is 1.60 bits per heavy atom. The summed E-state index contributed by atoms with van der Waals surface area (Å²) in [6.07, 6.45) is -0.717. The second-order valence-corrected chi connectivity index (χ2v) is 5.98. The van der Waals surface area contributed by atoms with Crippen LogP contribution in [0.4, 0.5) is 5.69 Å². The van der Waals surface area contributed by atoms with Crippen LogP contribution < -0.4 is 10.1 Å². The van der Waals surface area contributed by atoms with Gasteiger partial charge in [-0.25, -0.2) is 4.79 Å². The maximum atomic E-state index is 12.5. The van der Waals surface area contributed by atoms with Gasteiger partial charge in [0.25, 0.3) is 5.91 Å². The molecule has 0 aromatic heterocycles. The number of esters is 1. The number of carbonyl (C=O) groups is 2. The zero-order valence-electron chi connectivity index (χ0n) is 14.9. The zero-order valence-corrected chi connectivity index (χ0v) is 14.9. The summed E-state index contributed by atoms with van der Waals surface area (Å²) in [5.74, 6) is 0.123. The maximum Gasteiger partial charge on any atom is 0.339 e. The molecule has 0 saturated carbocycles. The lowest BCUT2D eigenvalue weighted by atomic mass is 10.0. The second-order valence-electron chi connectivity index (χ2n) is 5.98. The summed E-state index contributed by atoms with van der Waals surface area (Å²) in [6.45, 7) is 5.81. The Morgan fingerprint density at radius 1 is 0.960 bits per heavy atom. The third-order valence-corrected chi connectivity index (χ3v) is 3.80. The largest absolute Gasteiger partial charge is 0.481 e. The van der Waals surface area contributed by atoms with Crippen molar-refractivity contribution in [3.05, 3.63) is 59.7 Å². The summed E-state index contributed by atoms with van der Waals surface area (Å²) in [4.78, 5) is 24.3. The number of rotatable bonds is 6. The molecule has 5 nitrogen and oxygen atoms in total. The number of hydrogen-bond acceptors (Lipinski definition) is 4. The minimum Gasteiger partial charge on any atom is -0.481 e. The first-order valence-corrected chi connectivity index (χ1v) is 8.17. The number of para-hydroxylation sites is 2. The Hall–Kier alpha value is -2.82. The van der Waals surface area contributed by atoms with E-state index >= 15 is 0 Å². The number of anilines is 1. The van der Waals surface area contributed by atoms with Crippen molar-refractivity contribution >= 4 is 17.6 Å². The van der Waals surface area contributed by atoms with Gasteiger partial charge >= 0.3 is 5.97 Å². The third-order valence-electron chi connectivity index (χ3n) is 3.80. The number of ether oxygens (including phenoxy) is 2. The van der Waals surface area contributed by atoms with Gasteiger partial charge in [0.2, 0.25) is 0 Å². The quantitative estimate of drug-likeness (QED) is 0.807. The van der Waals surface area contributed by atoms with Crippen molar-refractivity contribution in [1.82, 2.24) is 0 Å². The van der Waals surface area contributed by atoms with Crippen molar-refractivity contribution in [1.29, 1.82) is 0 Å². The number of methoxy groups -OCH3 is 1. The van der Waals surface area contributed by atoms with E-state index in [1.54, 1.807) is 31.2 Å². The van der Waals surface area contributed by atoms with Crippen molar-refractivity contribution in [2.45, 2.75) is 32.8 Å². The van der Waals surface area contributed by atoms with Crippen LogP contribution in [0.25, 0.3) is 0 Å². The van der Waals surface area contributed by atoms with Crippen molar-refractivity contribution in [2.75, 3.05) is 12.4 Å². The monoisotopic (exact) mass is 341 g/mol. The van der Waals surface area contributed by atoms with Crippen LogP contribution in [-0.4, -0.2) is 25.1 Å². The highest BCUT2D eigenvalue weighted by Gasteiger charge is 2.20. The Balaban J connectivity index is 2.13. The molecule has 1 N–H and O–H groups in total. The number of nitrogens with one attached hydrogen (secondary N) is 1. The van der Waals surface area contributed by atoms with Gasteiger partial charge in [0.1, 0.15) is 5.75 Å². The van der Waals surface area contributed by atoms with E-state index in [2.05, 4.69) is 19.2 Å². The molecule has 2 rings (SSSR count). The Kier molecular flexibility index (Phi) is 6.17. The van der Waals surface area contributed by atoms with E-state index in [0.717, 1.165) is 5.56 Å². The van der Waals surface area contributed by atoms with Gasteiger partial charge in [-0.3, -0.25) is 4.79 Å². The van der Waals surface area contributed by atoms with Crippen LogP contribution in [-0.2, 0) is 9.53 Å². The molecule has 0 unspecified atom stereocenters. The number of hydrogen-bond donors (Lipinski definition) is 1. The van der Waals surface area contributed by atoms with E-state index in [9.17, 15) is 9.59 Å². The summed E-state index contributed by atoms with van der Waals surface area (Å²) >= 11 is 0. The lowest BCUT2D eigenvalue weighted by molar-refractivity contribution is -0.122. The first kappa shape index (κ1) is 18.5. The first-order chi connectivity index (χ1) is 11.9. The summed E-state index contributed by atoms with van der Waals surface area (Å²) in [5.41, 5.74) is 1.73. The van der Waals surface area contributed by atoms with Crippen LogP contribution in [0.1, 0.15) is 42.6 Å². The van der Waals surface area contributed by atoms with E-state index in [0.29, 0.717) is 17.0 Å². The van der Waals surface area contributed by atoms with Gasteiger partial charge in [0.05, 0.1) is 18.4 Å². The lowest BCUT2D eigenvalue weighted by Crippen LogP contribution is -2.31. The molecule has 0 saturated heterocycles. The fourth-order valence-electron chi connectivity index (χ4n) is 2.42. The molecular formula is C20H23NO4. The van der Waals surface area contributed by atoms with Crippen LogP contribution in [0, 0.1) is 0 Å². The number of benzene rings is 2. The predicted molar refractivity (Wildman–Crippen MR) is 97.0 cm³/mol.